The molecule has 0 radical (unpaired) electrons. The Balaban J connectivity index is 1.55. The lowest BCUT2D eigenvalue weighted by molar-refractivity contribution is -0.384. The Labute approximate surface area is 187 Å². The van der Waals surface area contributed by atoms with E-state index in [1.165, 1.54) is 16.4 Å². The highest BCUT2D eigenvalue weighted by molar-refractivity contribution is 7.89. The van der Waals surface area contributed by atoms with E-state index in [0.29, 0.717) is 31.9 Å². The summed E-state index contributed by atoms with van der Waals surface area (Å²) < 4.78 is 26.9. The van der Waals surface area contributed by atoms with Crippen LogP contribution in [0.3, 0.4) is 0 Å². The quantitative estimate of drug-likeness (QED) is 0.425. The molecule has 1 saturated heterocycles. The van der Waals surface area contributed by atoms with E-state index in [0.717, 1.165) is 29.7 Å². The molecule has 1 aliphatic heterocycles. The summed E-state index contributed by atoms with van der Waals surface area (Å²) in [7, 11) is -3.76. The Morgan fingerprint density at radius 1 is 1.16 bits per heavy atom. The summed E-state index contributed by atoms with van der Waals surface area (Å²) in [4.78, 5) is 21.3. The number of nitrogens with zero attached hydrogens (tertiary/aromatic N) is 4. The largest absolute Gasteiger partial charge is 0.366 e. The molecule has 0 saturated carbocycles. The maximum absolute atomic E-state index is 12.8. The Bertz CT molecular complexity index is 1200. The van der Waals surface area contributed by atoms with Crippen LogP contribution in [0, 0.1) is 10.1 Å². The Hall–Kier alpha value is -2.98. The van der Waals surface area contributed by atoms with Gasteiger partial charge in [-0.3, -0.25) is 10.1 Å². The minimum Gasteiger partial charge on any atom is -0.366 e. The number of benzene rings is 2. The van der Waals surface area contributed by atoms with Crippen LogP contribution in [-0.2, 0) is 10.0 Å². The van der Waals surface area contributed by atoms with E-state index in [1.807, 2.05) is 29.2 Å². The van der Waals surface area contributed by atoms with Crippen LogP contribution < -0.4 is 4.90 Å². The van der Waals surface area contributed by atoms with Crippen molar-refractivity contribution < 1.29 is 13.3 Å². The van der Waals surface area contributed by atoms with Gasteiger partial charge in [0, 0.05) is 38.2 Å². The van der Waals surface area contributed by atoms with Crippen molar-refractivity contribution in [2.75, 3.05) is 31.1 Å². The van der Waals surface area contributed by atoms with Gasteiger partial charge in [-0.25, -0.2) is 13.4 Å². The summed E-state index contributed by atoms with van der Waals surface area (Å²) in [6.45, 7) is 5.37. The average molecular weight is 458 g/mol. The van der Waals surface area contributed by atoms with Crippen LogP contribution in [-0.4, -0.2) is 53.8 Å². The van der Waals surface area contributed by atoms with Gasteiger partial charge < -0.3 is 9.88 Å². The number of anilines is 1. The molecule has 32 heavy (non-hydrogen) atoms. The van der Waals surface area contributed by atoms with Crippen molar-refractivity contribution in [3.05, 3.63) is 58.4 Å². The van der Waals surface area contributed by atoms with E-state index in [1.54, 1.807) is 19.9 Å². The zero-order chi connectivity index (χ0) is 22.9. The zero-order valence-electron chi connectivity index (χ0n) is 18.2. The predicted octanol–water partition coefficient (Wildman–Crippen LogP) is 3.89. The monoisotopic (exact) mass is 457 g/mol. The molecule has 0 aliphatic carbocycles. The first-order chi connectivity index (χ1) is 15.3. The number of imidazole rings is 1. The maximum Gasteiger partial charge on any atom is 0.293 e. The SMILES string of the molecule is CCN(CC)S(=O)(=O)c1ccc(N2CCC(c3nc4ccccc4[nH]3)CC2)c([N+](=O)[O-])c1. The molecular weight excluding hydrogens is 430 g/mol. The summed E-state index contributed by atoms with van der Waals surface area (Å²) in [5.41, 5.74) is 2.22. The molecule has 2 aromatic carbocycles. The maximum atomic E-state index is 12.8. The number of fused-ring (bicyclic) bond motifs is 1. The molecule has 0 amide bonds. The smallest absolute Gasteiger partial charge is 0.293 e. The number of hydrogen-bond acceptors (Lipinski definition) is 6. The first kappa shape index (κ1) is 22.2. The van der Waals surface area contributed by atoms with E-state index < -0.39 is 14.9 Å². The van der Waals surface area contributed by atoms with Gasteiger partial charge in [0.2, 0.25) is 10.0 Å². The van der Waals surface area contributed by atoms with Gasteiger partial charge >= 0.3 is 0 Å². The first-order valence-corrected chi connectivity index (χ1v) is 12.3. The Kier molecular flexibility index (Phi) is 6.16. The van der Waals surface area contributed by atoms with Gasteiger partial charge in [0.25, 0.3) is 5.69 Å². The number of aromatic nitrogens is 2. The number of nitro groups is 1. The van der Waals surface area contributed by atoms with Crippen LogP contribution >= 0.6 is 0 Å². The van der Waals surface area contributed by atoms with Crippen molar-refractivity contribution in [3.63, 3.8) is 0 Å². The number of para-hydroxylation sites is 2. The van der Waals surface area contributed by atoms with Crippen LogP contribution in [0.1, 0.15) is 38.4 Å². The van der Waals surface area contributed by atoms with Gasteiger partial charge in [0.15, 0.2) is 0 Å². The average Bonchev–Trinajstić information content (AvgIpc) is 3.24. The molecular formula is C22H27N5O4S. The highest BCUT2D eigenvalue weighted by atomic mass is 32.2. The third-order valence-electron chi connectivity index (χ3n) is 6.12. The van der Waals surface area contributed by atoms with Crippen molar-refractivity contribution >= 4 is 32.4 Å². The normalized spacial score (nSPS) is 15.5. The minimum atomic E-state index is -3.76. The molecule has 1 N–H and O–H groups in total. The van der Waals surface area contributed by atoms with Crippen molar-refractivity contribution in [2.24, 2.45) is 0 Å². The number of rotatable bonds is 7. The lowest BCUT2D eigenvalue weighted by Crippen LogP contribution is -2.34. The fourth-order valence-electron chi connectivity index (χ4n) is 4.35. The van der Waals surface area contributed by atoms with Gasteiger partial charge in [-0.1, -0.05) is 26.0 Å². The van der Waals surface area contributed by atoms with E-state index in [9.17, 15) is 18.5 Å². The van der Waals surface area contributed by atoms with Gasteiger partial charge in [0.05, 0.1) is 20.9 Å². The number of nitro benzene ring substituents is 1. The van der Waals surface area contributed by atoms with Gasteiger partial charge in [-0.2, -0.15) is 4.31 Å². The number of piperidine rings is 1. The first-order valence-electron chi connectivity index (χ1n) is 10.8. The molecule has 10 heteroatoms. The molecule has 0 spiro atoms. The molecule has 9 nitrogen and oxygen atoms in total. The Morgan fingerprint density at radius 3 is 2.47 bits per heavy atom. The lowest BCUT2D eigenvalue weighted by atomic mass is 9.95. The molecule has 1 aromatic heterocycles. The third-order valence-corrected chi connectivity index (χ3v) is 8.16. The van der Waals surface area contributed by atoms with Crippen LogP contribution in [0.5, 0.6) is 0 Å². The molecule has 1 aliphatic rings. The van der Waals surface area contributed by atoms with E-state index in [-0.39, 0.29) is 16.5 Å². The molecule has 4 rings (SSSR count). The highest BCUT2D eigenvalue weighted by Gasteiger charge is 2.30. The molecule has 2 heterocycles. The summed E-state index contributed by atoms with van der Waals surface area (Å²) in [5.74, 6) is 1.20. The number of H-pyrrole nitrogens is 1. The van der Waals surface area contributed by atoms with Crippen molar-refractivity contribution in [1.29, 1.82) is 0 Å². The molecule has 0 atom stereocenters. The third kappa shape index (κ3) is 4.07. The van der Waals surface area contributed by atoms with Gasteiger partial charge in [-0.05, 0) is 37.1 Å². The Morgan fingerprint density at radius 2 is 1.84 bits per heavy atom. The van der Waals surface area contributed by atoms with E-state index in [2.05, 4.69) is 4.98 Å². The lowest BCUT2D eigenvalue weighted by Gasteiger charge is -2.32. The van der Waals surface area contributed by atoms with E-state index in [4.69, 9.17) is 4.98 Å². The second-order valence-electron chi connectivity index (χ2n) is 7.90. The zero-order valence-corrected chi connectivity index (χ0v) is 19.0. The fraction of sp³-hybridized carbons (Fsp3) is 0.409. The molecule has 0 unspecified atom stereocenters. The highest BCUT2D eigenvalue weighted by Crippen LogP contribution is 2.36. The van der Waals surface area contributed by atoms with Crippen molar-refractivity contribution in [3.8, 4) is 0 Å². The van der Waals surface area contributed by atoms with E-state index >= 15 is 0 Å². The molecule has 1 fully saturated rings. The number of aromatic amines is 1. The van der Waals surface area contributed by atoms with Crippen LogP contribution in [0.4, 0.5) is 11.4 Å². The summed E-state index contributed by atoms with van der Waals surface area (Å²) in [6.07, 6.45) is 1.60. The minimum absolute atomic E-state index is 0.0474. The molecule has 3 aromatic rings. The standard InChI is InChI=1S/C22H27N5O4S/c1-3-26(4-2)32(30,31)17-9-10-20(21(15-17)27(28)29)25-13-11-16(12-14-25)22-23-18-7-5-6-8-19(18)24-22/h5-10,15-16H,3-4,11-14H2,1-2H3,(H,23,24). The number of hydrogen-bond donors (Lipinski definition) is 1. The summed E-state index contributed by atoms with van der Waals surface area (Å²) in [6, 6.07) is 12.1. The van der Waals surface area contributed by atoms with Crippen LogP contribution in [0.25, 0.3) is 11.0 Å². The molecule has 0 bridgehead atoms. The van der Waals surface area contributed by atoms with Gasteiger partial charge in [-0.15, -0.1) is 0 Å². The van der Waals surface area contributed by atoms with Crippen molar-refractivity contribution in [2.45, 2.75) is 37.5 Å². The topological polar surface area (TPSA) is 112 Å². The second-order valence-corrected chi connectivity index (χ2v) is 9.84. The predicted molar refractivity (Wildman–Crippen MR) is 123 cm³/mol. The van der Waals surface area contributed by atoms with Crippen LogP contribution in [0.2, 0.25) is 0 Å². The number of nitrogens with one attached hydrogen (secondary N) is 1. The number of sulfonamides is 1. The fourth-order valence-corrected chi connectivity index (χ4v) is 5.83. The van der Waals surface area contributed by atoms with Crippen molar-refractivity contribution in [1.82, 2.24) is 14.3 Å². The second kappa shape index (κ2) is 8.87. The summed E-state index contributed by atoms with van der Waals surface area (Å²) >= 11 is 0. The summed E-state index contributed by atoms with van der Waals surface area (Å²) in [5, 5.41) is 11.8. The molecule has 170 valence electrons. The van der Waals surface area contributed by atoms with Crippen LogP contribution in [0.15, 0.2) is 47.4 Å². The van der Waals surface area contributed by atoms with Gasteiger partial charge in [0.1, 0.15) is 11.5 Å².